The molecule has 3 heteroatoms. The SMILES string of the molecule is Cc1ccc([S@@](C)(=N)=O)cc1. The lowest BCUT2D eigenvalue weighted by molar-refractivity contribution is 0.679. The summed E-state index contributed by atoms with van der Waals surface area (Å²) in [6.07, 6.45) is 1.43. The summed E-state index contributed by atoms with van der Waals surface area (Å²) in [7, 11) is -2.52. The van der Waals surface area contributed by atoms with E-state index in [0.29, 0.717) is 4.90 Å². The molecule has 0 heterocycles. The van der Waals surface area contributed by atoms with Crippen molar-refractivity contribution >= 4 is 9.73 Å². The van der Waals surface area contributed by atoms with E-state index < -0.39 is 9.73 Å². The molecular weight excluding hydrogens is 158 g/mol. The second-order valence-corrected chi connectivity index (χ2v) is 4.82. The summed E-state index contributed by atoms with van der Waals surface area (Å²) < 4.78 is 18.4. The van der Waals surface area contributed by atoms with Crippen molar-refractivity contribution in [1.82, 2.24) is 0 Å². The number of benzene rings is 1. The van der Waals surface area contributed by atoms with Crippen LogP contribution in [0.2, 0.25) is 0 Å². The molecule has 0 saturated heterocycles. The third kappa shape index (κ3) is 2.05. The molecule has 0 aromatic heterocycles. The minimum absolute atomic E-state index is 0.600. The van der Waals surface area contributed by atoms with E-state index in [9.17, 15) is 4.21 Å². The number of aryl methyl sites for hydroxylation is 1. The van der Waals surface area contributed by atoms with Crippen LogP contribution in [-0.4, -0.2) is 10.5 Å². The molecule has 0 spiro atoms. The van der Waals surface area contributed by atoms with Crippen LogP contribution in [0.15, 0.2) is 29.2 Å². The molecule has 11 heavy (non-hydrogen) atoms. The lowest BCUT2D eigenvalue weighted by atomic mass is 10.2. The summed E-state index contributed by atoms with van der Waals surface area (Å²) in [5.41, 5.74) is 1.12. The fourth-order valence-electron chi connectivity index (χ4n) is 0.798. The largest absolute Gasteiger partial charge is 0.249 e. The zero-order valence-corrected chi connectivity index (χ0v) is 7.44. The average Bonchev–Trinajstić information content (AvgIpc) is 1.86. The molecule has 1 atom stereocenters. The Morgan fingerprint density at radius 3 is 2.09 bits per heavy atom. The minimum Gasteiger partial charge on any atom is -0.249 e. The highest BCUT2D eigenvalue weighted by molar-refractivity contribution is 7.91. The zero-order valence-electron chi connectivity index (χ0n) is 6.63. The van der Waals surface area contributed by atoms with Crippen molar-refractivity contribution in [2.45, 2.75) is 11.8 Å². The Bertz CT molecular complexity index is 337. The summed E-state index contributed by atoms with van der Waals surface area (Å²) in [4.78, 5) is 0.600. The van der Waals surface area contributed by atoms with Crippen molar-refractivity contribution in [1.29, 1.82) is 4.78 Å². The van der Waals surface area contributed by atoms with Crippen molar-refractivity contribution < 1.29 is 4.21 Å². The van der Waals surface area contributed by atoms with Crippen molar-refractivity contribution in [3.05, 3.63) is 29.8 Å². The molecule has 0 aliphatic heterocycles. The number of hydrogen-bond acceptors (Lipinski definition) is 2. The van der Waals surface area contributed by atoms with Crippen LogP contribution in [0, 0.1) is 11.7 Å². The van der Waals surface area contributed by atoms with Gasteiger partial charge >= 0.3 is 0 Å². The van der Waals surface area contributed by atoms with Crippen LogP contribution in [0.3, 0.4) is 0 Å². The topological polar surface area (TPSA) is 40.9 Å². The molecule has 0 aliphatic rings. The van der Waals surface area contributed by atoms with Crippen LogP contribution in [0.4, 0.5) is 0 Å². The number of hydrogen-bond donors (Lipinski definition) is 1. The first kappa shape index (κ1) is 8.27. The van der Waals surface area contributed by atoms with Crippen molar-refractivity contribution in [2.24, 2.45) is 0 Å². The summed E-state index contributed by atoms with van der Waals surface area (Å²) in [5, 5.41) is 0. The molecule has 1 aromatic rings. The van der Waals surface area contributed by atoms with Gasteiger partial charge in [0.05, 0.1) is 9.73 Å². The van der Waals surface area contributed by atoms with Gasteiger partial charge in [0.2, 0.25) is 0 Å². The van der Waals surface area contributed by atoms with Crippen LogP contribution in [0.25, 0.3) is 0 Å². The predicted octanol–water partition coefficient (Wildman–Crippen LogP) is 2.03. The van der Waals surface area contributed by atoms with Crippen molar-refractivity contribution in [2.75, 3.05) is 6.26 Å². The molecule has 0 radical (unpaired) electrons. The van der Waals surface area contributed by atoms with Crippen LogP contribution in [-0.2, 0) is 9.73 Å². The fourth-order valence-corrected chi connectivity index (χ4v) is 1.45. The van der Waals surface area contributed by atoms with Gasteiger partial charge in [0.15, 0.2) is 0 Å². The van der Waals surface area contributed by atoms with Gasteiger partial charge in [-0.3, -0.25) is 0 Å². The Labute approximate surface area is 67.2 Å². The third-order valence-electron chi connectivity index (χ3n) is 1.47. The van der Waals surface area contributed by atoms with Gasteiger partial charge in [-0.05, 0) is 19.1 Å². The number of nitrogens with one attached hydrogen (secondary N) is 1. The smallest absolute Gasteiger partial charge is 0.0696 e. The fraction of sp³-hybridized carbons (Fsp3) is 0.250. The summed E-state index contributed by atoms with van der Waals surface area (Å²) in [6, 6.07) is 7.22. The lowest BCUT2D eigenvalue weighted by Gasteiger charge is -1.99. The molecule has 1 rings (SSSR count). The molecule has 1 aromatic carbocycles. The van der Waals surface area contributed by atoms with E-state index in [-0.39, 0.29) is 0 Å². The molecule has 0 aliphatic carbocycles. The van der Waals surface area contributed by atoms with Crippen molar-refractivity contribution in [3.63, 3.8) is 0 Å². The van der Waals surface area contributed by atoms with Gasteiger partial charge in [-0.15, -0.1) is 0 Å². The maximum atomic E-state index is 11.2. The van der Waals surface area contributed by atoms with Gasteiger partial charge in [-0.25, -0.2) is 8.99 Å². The first-order valence-corrected chi connectivity index (χ1v) is 5.27. The Morgan fingerprint density at radius 2 is 1.73 bits per heavy atom. The summed E-state index contributed by atoms with van der Waals surface area (Å²) in [5.74, 6) is 0. The van der Waals surface area contributed by atoms with Crippen LogP contribution >= 0.6 is 0 Å². The van der Waals surface area contributed by atoms with E-state index in [1.165, 1.54) is 6.26 Å². The van der Waals surface area contributed by atoms with E-state index in [0.717, 1.165) is 5.56 Å². The second-order valence-electron chi connectivity index (χ2n) is 2.66. The van der Waals surface area contributed by atoms with E-state index in [2.05, 4.69) is 0 Å². The molecule has 0 bridgehead atoms. The highest BCUT2D eigenvalue weighted by Crippen LogP contribution is 2.09. The molecule has 0 fully saturated rings. The number of rotatable bonds is 1. The van der Waals surface area contributed by atoms with Gasteiger partial charge in [0.25, 0.3) is 0 Å². The Morgan fingerprint density at radius 1 is 1.27 bits per heavy atom. The summed E-state index contributed by atoms with van der Waals surface area (Å²) in [6.45, 7) is 1.96. The normalized spacial score (nSPS) is 15.8. The zero-order chi connectivity index (χ0) is 8.48. The van der Waals surface area contributed by atoms with E-state index in [1.807, 2.05) is 19.1 Å². The van der Waals surface area contributed by atoms with Gasteiger partial charge in [-0.2, -0.15) is 0 Å². The quantitative estimate of drug-likeness (QED) is 0.686. The maximum Gasteiger partial charge on any atom is 0.0696 e. The maximum absolute atomic E-state index is 11.2. The van der Waals surface area contributed by atoms with Crippen LogP contribution in [0.5, 0.6) is 0 Å². The molecule has 0 unspecified atom stereocenters. The van der Waals surface area contributed by atoms with Crippen LogP contribution in [0.1, 0.15) is 5.56 Å². The first-order chi connectivity index (χ1) is 5.00. The first-order valence-electron chi connectivity index (χ1n) is 3.30. The van der Waals surface area contributed by atoms with Crippen LogP contribution < -0.4 is 0 Å². The standard InChI is InChI=1S/C8H11NOS/c1-7-3-5-8(6-4-7)11(2,9)10/h3-6,9H,1-2H3/t11-/m0/s1. The van der Waals surface area contributed by atoms with Gasteiger partial charge in [0.1, 0.15) is 0 Å². The molecule has 0 saturated carbocycles. The summed E-state index contributed by atoms with van der Waals surface area (Å²) >= 11 is 0. The Hall–Kier alpha value is -0.830. The van der Waals surface area contributed by atoms with Gasteiger partial charge < -0.3 is 0 Å². The van der Waals surface area contributed by atoms with E-state index >= 15 is 0 Å². The average molecular weight is 169 g/mol. The monoisotopic (exact) mass is 169 g/mol. The molecule has 2 nitrogen and oxygen atoms in total. The molecular formula is C8H11NOS. The molecule has 1 N–H and O–H groups in total. The van der Waals surface area contributed by atoms with Crippen molar-refractivity contribution in [3.8, 4) is 0 Å². The lowest BCUT2D eigenvalue weighted by Crippen LogP contribution is -1.93. The van der Waals surface area contributed by atoms with Gasteiger partial charge in [-0.1, -0.05) is 17.7 Å². The van der Waals surface area contributed by atoms with E-state index in [4.69, 9.17) is 4.78 Å². The predicted molar refractivity (Wildman–Crippen MR) is 46.2 cm³/mol. The minimum atomic E-state index is -2.52. The Kier molecular flexibility index (Phi) is 2.00. The highest BCUT2D eigenvalue weighted by atomic mass is 32.2. The Balaban J connectivity index is 3.20. The second kappa shape index (κ2) is 2.66. The third-order valence-corrected chi connectivity index (χ3v) is 2.64. The molecule has 60 valence electrons. The van der Waals surface area contributed by atoms with Gasteiger partial charge in [0, 0.05) is 11.2 Å². The molecule has 0 amide bonds. The highest BCUT2D eigenvalue weighted by Gasteiger charge is 2.00. The van der Waals surface area contributed by atoms with E-state index in [1.54, 1.807) is 12.1 Å².